The molecular formula is C21H23N3O4. The average molecular weight is 381 g/mol. The second-order valence-corrected chi connectivity index (χ2v) is 6.28. The second kappa shape index (κ2) is 10.2. The highest BCUT2D eigenvalue weighted by Crippen LogP contribution is 2.20. The van der Waals surface area contributed by atoms with E-state index in [2.05, 4.69) is 15.1 Å². The molecule has 3 aromatic rings. The van der Waals surface area contributed by atoms with Gasteiger partial charge in [-0.3, -0.25) is 9.78 Å². The Balaban J connectivity index is 1.34. The van der Waals surface area contributed by atoms with Crippen LogP contribution in [0.1, 0.15) is 30.7 Å². The van der Waals surface area contributed by atoms with Gasteiger partial charge in [0, 0.05) is 30.8 Å². The highest BCUT2D eigenvalue weighted by molar-refractivity contribution is 5.69. The first-order valence-electron chi connectivity index (χ1n) is 9.26. The molecule has 0 amide bonds. The number of aromatic nitrogens is 3. The van der Waals surface area contributed by atoms with Crippen LogP contribution in [-0.2, 0) is 22.4 Å². The van der Waals surface area contributed by atoms with Crippen molar-refractivity contribution in [3.63, 3.8) is 0 Å². The smallest absolute Gasteiger partial charge is 0.305 e. The predicted molar refractivity (Wildman–Crippen MR) is 103 cm³/mol. The van der Waals surface area contributed by atoms with Crippen LogP contribution < -0.4 is 4.74 Å². The standard InChI is InChI=1S/C21H23N3O4/c1-26-18-11-9-17(10-12-18)21-23-19(28-24-21)7-2-8-20(25)27-14-4-6-16-5-3-13-22-15-16/h3,5,9-13,15H,2,4,6-8,14H2,1H3. The molecule has 2 heterocycles. The summed E-state index contributed by atoms with van der Waals surface area (Å²) in [5.41, 5.74) is 1.99. The summed E-state index contributed by atoms with van der Waals surface area (Å²) in [5, 5.41) is 3.98. The van der Waals surface area contributed by atoms with Crippen LogP contribution in [0.15, 0.2) is 53.3 Å². The lowest BCUT2D eigenvalue weighted by atomic mass is 10.2. The molecule has 28 heavy (non-hydrogen) atoms. The summed E-state index contributed by atoms with van der Waals surface area (Å²) in [4.78, 5) is 20.2. The molecule has 2 aromatic heterocycles. The average Bonchev–Trinajstić information content (AvgIpc) is 3.21. The van der Waals surface area contributed by atoms with Crippen molar-refractivity contribution in [3.05, 3.63) is 60.2 Å². The highest BCUT2D eigenvalue weighted by Gasteiger charge is 2.10. The van der Waals surface area contributed by atoms with Crippen LogP contribution in [0.3, 0.4) is 0 Å². The Morgan fingerprint density at radius 2 is 1.96 bits per heavy atom. The maximum absolute atomic E-state index is 11.8. The number of rotatable bonds is 10. The van der Waals surface area contributed by atoms with Gasteiger partial charge in [0.1, 0.15) is 5.75 Å². The summed E-state index contributed by atoms with van der Waals surface area (Å²) in [5.74, 6) is 1.60. The summed E-state index contributed by atoms with van der Waals surface area (Å²) in [6.07, 6.45) is 6.66. The van der Waals surface area contributed by atoms with Crippen molar-refractivity contribution in [2.75, 3.05) is 13.7 Å². The van der Waals surface area contributed by atoms with Crippen LogP contribution in [0.4, 0.5) is 0 Å². The van der Waals surface area contributed by atoms with E-state index in [9.17, 15) is 4.79 Å². The Morgan fingerprint density at radius 1 is 1.11 bits per heavy atom. The van der Waals surface area contributed by atoms with Crippen molar-refractivity contribution in [3.8, 4) is 17.1 Å². The van der Waals surface area contributed by atoms with E-state index in [0.717, 1.165) is 29.7 Å². The van der Waals surface area contributed by atoms with Gasteiger partial charge in [0.25, 0.3) is 0 Å². The van der Waals surface area contributed by atoms with Gasteiger partial charge in [-0.2, -0.15) is 4.98 Å². The van der Waals surface area contributed by atoms with Crippen LogP contribution in [-0.4, -0.2) is 34.8 Å². The summed E-state index contributed by atoms with van der Waals surface area (Å²) >= 11 is 0. The Kier molecular flexibility index (Phi) is 7.12. The molecule has 0 radical (unpaired) electrons. The molecule has 3 rings (SSSR count). The molecule has 146 valence electrons. The fraction of sp³-hybridized carbons (Fsp3) is 0.333. The largest absolute Gasteiger partial charge is 0.497 e. The monoisotopic (exact) mass is 381 g/mol. The third-order valence-corrected chi connectivity index (χ3v) is 4.18. The van der Waals surface area contributed by atoms with Gasteiger partial charge < -0.3 is 14.0 Å². The first kappa shape index (κ1) is 19.5. The topological polar surface area (TPSA) is 87.3 Å². The van der Waals surface area contributed by atoms with E-state index in [0.29, 0.717) is 37.6 Å². The number of carbonyl (C=O) groups excluding carboxylic acids is 1. The van der Waals surface area contributed by atoms with Crippen LogP contribution in [0, 0.1) is 0 Å². The van der Waals surface area contributed by atoms with Crippen molar-refractivity contribution >= 4 is 5.97 Å². The fourth-order valence-corrected chi connectivity index (χ4v) is 2.68. The third kappa shape index (κ3) is 5.90. The number of aryl methyl sites for hydroxylation is 2. The minimum Gasteiger partial charge on any atom is -0.497 e. The van der Waals surface area contributed by atoms with Gasteiger partial charge in [0.05, 0.1) is 13.7 Å². The molecule has 7 heteroatoms. The van der Waals surface area contributed by atoms with E-state index in [1.807, 2.05) is 42.6 Å². The molecule has 1 aromatic carbocycles. The maximum Gasteiger partial charge on any atom is 0.305 e. The summed E-state index contributed by atoms with van der Waals surface area (Å²) in [7, 11) is 1.62. The van der Waals surface area contributed by atoms with Gasteiger partial charge in [-0.15, -0.1) is 0 Å². The fourth-order valence-electron chi connectivity index (χ4n) is 2.68. The lowest BCUT2D eigenvalue weighted by molar-refractivity contribution is -0.143. The second-order valence-electron chi connectivity index (χ2n) is 6.28. The normalized spacial score (nSPS) is 10.6. The van der Waals surface area contributed by atoms with Gasteiger partial charge >= 0.3 is 5.97 Å². The van der Waals surface area contributed by atoms with Crippen molar-refractivity contribution in [2.24, 2.45) is 0 Å². The highest BCUT2D eigenvalue weighted by atomic mass is 16.5. The van der Waals surface area contributed by atoms with Gasteiger partial charge in [-0.25, -0.2) is 0 Å². The minimum atomic E-state index is -0.207. The molecule has 0 atom stereocenters. The van der Waals surface area contributed by atoms with E-state index in [1.54, 1.807) is 13.3 Å². The van der Waals surface area contributed by atoms with Crippen LogP contribution in [0.2, 0.25) is 0 Å². The van der Waals surface area contributed by atoms with E-state index in [4.69, 9.17) is 14.0 Å². The van der Waals surface area contributed by atoms with Crippen LogP contribution in [0.25, 0.3) is 11.4 Å². The van der Waals surface area contributed by atoms with E-state index < -0.39 is 0 Å². The lowest BCUT2D eigenvalue weighted by Gasteiger charge is -2.04. The lowest BCUT2D eigenvalue weighted by Crippen LogP contribution is -2.07. The molecule has 0 aliphatic heterocycles. The minimum absolute atomic E-state index is 0.207. The number of nitrogens with zero attached hydrogens (tertiary/aromatic N) is 3. The van der Waals surface area contributed by atoms with Crippen molar-refractivity contribution in [1.29, 1.82) is 0 Å². The number of hydrogen-bond donors (Lipinski definition) is 0. The maximum atomic E-state index is 11.8. The van der Waals surface area contributed by atoms with Crippen molar-refractivity contribution < 1.29 is 18.8 Å². The molecule has 0 spiro atoms. The molecular weight excluding hydrogens is 358 g/mol. The van der Waals surface area contributed by atoms with Crippen molar-refractivity contribution in [2.45, 2.75) is 32.1 Å². The molecule has 0 saturated heterocycles. The molecule has 0 unspecified atom stereocenters. The molecule has 0 saturated carbocycles. The van der Waals surface area contributed by atoms with Gasteiger partial charge in [0.2, 0.25) is 11.7 Å². The first-order valence-corrected chi connectivity index (χ1v) is 9.26. The Bertz CT molecular complexity index is 863. The molecule has 0 N–H and O–H groups in total. The molecule has 0 aliphatic rings. The SMILES string of the molecule is COc1ccc(-c2noc(CCCC(=O)OCCCc3cccnc3)n2)cc1. The Morgan fingerprint density at radius 3 is 2.71 bits per heavy atom. The zero-order valence-corrected chi connectivity index (χ0v) is 15.8. The Labute approximate surface area is 163 Å². The number of hydrogen-bond acceptors (Lipinski definition) is 7. The zero-order chi connectivity index (χ0) is 19.6. The van der Waals surface area contributed by atoms with Crippen LogP contribution >= 0.6 is 0 Å². The number of ether oxygens (including phenoxy) is 2. The number of esters is 1. The number of carbonyl (C=O) groups is 1. The zero-order valence-electron chi connectivity index (χ0n) is 15.8. The van der Waals surface area contributed by atoms with Gasteiger partial charge in [-0.05, 0) is 55.2 Å². The Hall–Kier alpha value is -3.22. The third-order valence-electron chi connectivity index (χ3n) is 4.18. The summed E-state index contributed by atoms with van der Waals surface area (Å²) in [6, 6.07) is 11.3. The van der Waals surface area contributed by atoms with E-state index >= 15 is 0 Å². The molecule has 0 bridgehead atoms. The number of methoxy groups -OCH3 is 1. The van der Waals surface area contributed by atoms with E-state index in [-0.39, 0.29) is 5.97 Å². The van der Waals surface area contributed by atoms with Crippen LogP contribution in [0.5, 0.6) is 5.75 Å². The molecule has 7 nitrogen and oxygen atoms in total. The van der Waals surface area contributed by atoms with Crippen molar-refractivity contribution in [1.82, 2.24) is 15.1 Å². The first-order chi connectivity index (χ1) is 13.7. The van der Waals surface area contributed by atoms with Gasteiger partial charge in [-0.1, -0.05) is 11.2 Å². The molecule has 0 fully saturated rings. The van der Waals surface area contributed by atoms with Gasteiger partial charge in [0.15, 0.2) is 0 Å². The summed E-state index contributed by atoms with van der Waals surface area (Å²) < 4.78 is 15.6. The quantitative estimate of drug-likeness (QED) is 0.391. The molecule has 0 aliphatic carbocycles. The number of pyridine rings is 1. The number of benzene rings is 1. The summed E-state index contributed by atoms with van der Waals surface area (Å²) in [6.45, 7) is 0.413. The van der Waals surface area contributed by atoms with E-state index in [1.165, 1.54) is 0 Å². The predicted octanol–water partition coefficient (Wildman–Crippen LogP) is 3.64.